The molecule has 82 valence electrons. The molecule has 5 nitrogen and oxygen atoms in total. The number of ether oxygens (including phenoxy) is 1. The third-order valence-electron chi connectivity index (χ3n) is 1.71. The summed E-state index contributed by atoms with van der Waals surface area (Å²) in [5, 5.41) is 8.03. The molecule has 14 heavy (non-hydrogen) atoms. The fourth-order valence-electron chi connectivity index (χ4n) is 1.04. The van der Waals surface area contributed by atoms with Crippen LogP contribution in [0.25, 0.3) is 0 Å². The van der Waals surface area contributed by atoms with E-state index in [0.29, 0.717) is 19.3 Å². The number of rotatable bonds is 7. The summed E-state index contributed by atoms with van der Waals surface area (Å²) in [7, 11) is 0. The second kappa shape index (κ2) is 7.46. The minimum Gasteiger partial charge on any atom is -0.455 e. The molecule has 1 atom stereocenters. The number of esters is 1. The number of unbranched alkanes of at least 4 members (excludes halogenated alkanes) is 1. The van der Waals surface area contributed by atoms with Crippen LogP contribution in [0, 0.1) is 0 Å². The topological polar surface area (TPSA) is 72.8 Å². The van der Waals surface area contributed by atoms with Crippen LogP contribution in [0.15, 0.2) is 0 Å². The van der Waals surface area contributed by atoms with Gasteiger partial charge in [0.2, 0.25) is 0 Å². The van der Waals surface area contributed by atoms with Crippen molar-refractivity contribution in [1.82, 2.24) is 0 Å². The van der Waals surface area contributed by atoms with Crippen LogP contribution in [0.4, 0.5) is 0 Å². The lowest BCUT2D eigenvalue weighted by atomic mass is 10.1. The van der Waals surface area contributed by atoms with E-state index in [4.69, 9.17) is 9.99 Å². The summed E-state index contributed by atoms with van der Waals surface area (Å²) in [6, 6.07) is 0. The summed E-state index contributed by atoms with van der Waals surface area (Å²) in [4.78, 5) is 25.5. The van der Waals surface area contributed by atoms with Crippen LogP contribution in [0.2, 0.25) is 0 Å². The lowest BCUT2D eigenvalue weighted by molar-refractivity contribution is -0.242. The zero-order valence-electron chi connectivity index (χ0n) is 8.49. The molecular weight excluding hydrogens is 188 g/mol. The molecule has 0 aliphatic heterocycles. The van der Waals surface area contributed by atoms with Gasteiger partial charge in [0.25, 0.3) is 0 Å². The van der Waals surface area contributed by atoms with Crippen LogP contribution in [-0.2, 0) is 19.2 Å². The Morgan fingerprint density at radius 1 is 1.29 bits per heavy atom. The molecule has 0 aromatic rings. The van der Waals surface area contributed by atoms with E-state index in [1.807, 2.05) is 0 Å². The molecule has 1 unspecified atom stereocenters. The molecule has 0 aromatic carbocycles. The van der Waals surface area contributed by atoms with E-state index >= 15 is 0 Å². The maximum absolute atomic E-state index is 11.0. The summed E-state index contributed by atoms with van der Waals surface area (Å²) in [6.07, 6.45) is 1.10. The number of hydrogen-bond donors (Lipinski definition) is 1. The maximum atomic E-state index is 11.0. The molecule has 0 spiro atoms. The quantitative estimate of drug-likeness (QED) is 0.291. The second-order valence-corrected chi connectivity index (χ2v) is 3.04. The van der Waals surface area contributed by atoms with Gasteiger partial charge in [0.15, 0.2) is 11.9 Å². The first-order valence-electron chi connectivity index (χ1n) is 4.52. The molecule has 0 aromatic heterocycles. The van der Waals surface area contributed by atoms with Crippen molar-refractivity contribution in [2.24, 2.45) is 0 Å². The first kappa shape index (κ1) is 13.1. The Morgan fingerprint density at radius 3 is 2.36 bits per heavy atom. The molecule has 1 N–H and O–H groups in total. The van der Waals surface area contributed by atoms with Gasteiger partial charge in [-0.1, -0.05) is 0 Å². The van der Waals surface area contributed by atoms with Gasteiger partial charge in [0, 0.05) is 6.92 Å². The first-order chi connectivity index (χ1) is 6.57. The van der Waals surface area contributed by atoms with Crippen LogP contribution in [-0.4, -0.2) is 29.7 Å². The van der Waals surface area contributed by atoms with E-state index in [0.717, 1.165) is 0 Å². The van der Waals surface area contributed by atoms with E-state index < -0.39 is 12.1 Å². The average Bonchev–Trinajstić information content (AvgIpc) is 2.09. The predicted octanol–water partition coefficient (Wildman–Crippen LogP) is 1.17. The zero-order valence-corrected chi connectivity index (χ0v) is 8.49. The van der Waals surface area contributed by atoms with E-state index in [-0.39, 0.29) is 12.4 Å². The molecule has 0 radical (unpaired) electrons. The van der Waals surface area contributed by atoms with Gasteiger partial charge in [-0.25, -0.2) is 4.89 Å². The van der Waals surface area contributed by atoms with Gasteiger partial charge in [-0.2, -0.15) is 0 Å². The third kappa shape index (κ3) is 6.56. The van der Waals surface area contributed by atoms with Gasteiger partial charge in [0.05, 0.1) is 6.61 Å². The number of ketones is 1. The van der Waals surface area contributed by atoms with Crippen LogP contribution in [0.5, 0.6) is 0 Å². The highest BCUT2D eigenvalue weighted by molar-refractivity contribution is 5.82. The Kier molecular flexibility index (Phi) is 6.96. The largest absolute Gasteiger partial charge is 0.455 e. The molecule has 0 aliphatic carbocycles. The number of hydrogen-bond acceptors (Lipinski definition) is 5. The summed E-state index contributed by atoms with van der Waals surface area (Å²) < 4.78 is 4.80. The van der Waals surface area contributed by atoms with Crippen molar-refractivity contribution in [1.29, 1.82) is 0 Å². The Hall–Kier alpha value is -0.940. The average molecular weight is 204 g/mol. The number of Topliss-reactive ketones (excluding diaryl/α,β-unsaturated/α-hetero) is 1. The SMILES string of the molecule is CC(=O)OC(CCCCOO)C(C)=O. The van der Waals surface area contributed by atoms with E-state index in [1.165, 1.54) is 13.8 Å². The highest BCUT2D eigenvalue weighted by Gasteiger charge is 2.16. The zero-order chi connectivity index (χ0) is 11.0. The lowest BCUT2D eigenvalue weighted by Crippen LogP contribution is -2.24. The summed E-state index contributed by atoms with van der Waals surface area (Å²) in [5.41, 5.74) is 0. The minimum absolute atomic E-state index is 0.162. The predicted molar refractivity (Wildman–Crippen MR) is 48.7 cm³/mol. The third-order valence-corrected chi connectivity index (χ3v) is 1.71. The van der Waals surface area contributed by atoms with Crippen molar-refractivity contribution in [2.75, 3.05) is 6.61 Å². The summed E-state index contributed by atoms with van der Waals surface area (Å²) in [5.74, 6) is -0.617. The summed E-state index contributed by atoms with van der Waals surface area (Å²) in [6.45, 7) is 2.88. The molecular formula is C9H16O5. The van der Waals surface area contributed by atoms with E-state index in [1.54, 1.807) is 0 Å². The molecule has 0 fully saturated rings. The van der Waals surface area contributed by atoms with Crippen LogP contribution >= 0.6 is 0 Å². The highest BCUT2D eigenvalue weighted by atomic mass is 17.1. The minimum atomic E-state index is -0.661. The van der Waals surface area contributed by atoms with Crippen LogP contribution < -0.4 is 0 Å². The van der Waals surface area contributed by atoms with Gasteiger partial charge in [-0.15, -0.1) is 0 Å². The van der Waals surface area contributed by atoms with Crippen molar-refractivity contribution < 1.29 is 24.5 Å². The Labute approximate surface area is 82.9 Å². The van der Waals surface area contributed by atoms with Gasteiger partial charge in [-0.05, 0) is 26.2 Å². The molecule has 0 bridgehead atoms. The standard InChI is InChI=1S/C9H16O5/c1-7(10)9(14-8(2)11)5-3-4-6-13-12/h9,12H,3-6H2,1-2H3. The van der Waals surface area contributed by atoms with E-state index in [2.05, 4.69) is 4.89 Å². The monoisotopic (exact) mass is 204 g/mol. The summed E-state index contributed by atoms with van der Waals surface area (Å²) >= 11 is 0. The Morgan fingerprint density at radius 2 is 1.93 bits per heavy atom. The molecule has 0 heterocycles. The fraction of sp³-hybridized carbons (Fsp3) is 0.778. The number of carbonyl (C=O) groups is 2. The molecule has 0 amide bonds. The first-order valence-corrected chi connectivity index (χ1v) is 4.52. The molecule has 0 aliphatic rings. The van der Waals surface area contributed by atoms with Gasteiger partial charge < -0.3 is 4.74 Å². The van der Waals surface area contributed by atoms with Gasteiger partial charge in [0.1, 0.15) is 0 Å². The van der Waals surface area contributed by atoms with Crippen molar-refractivity contribution >= 4 is 11.8 Å². The van der Waals surface area contributed by atoms with Gasteiger partial charge in [-0.3, -0.25) is 14.8 Å². The molecule has 0 saturated heterocycles. The molecule has 0 rings (SSSR count). The molecule has 5 heteroatoms. The van der Waals surface area contributed by atoms with Crippen molar-refractivity contribution in [3.05, 3.63) is 0 Å². The van der Waals surface area contributed by atoms with Gasteiger partial charge >= 0.3 is 5.97 Å². The maximum Gasteiger partial charge on any atom is 0.303 e. The molecule has 0 saturated carbocycles. The highest BCUT2D eigenvalue weighted by Crippen LogP contribution is 2.06. The Bertz CT molecular complexity index is 190. The fourth-order valence-corrected chi connectivity index (χ4v) is 1.04. The van der Waals surface area contributed by atoms with Crippen molar-refractivity contribution in [2.45, 2.75) is 39.2 Å². The smallest absolute Gasteiger partial charge is 0.303 e. The second-order valence-electron chi connectivity index (χ2n) is 3.04. The lowest BCUT2D eigenvalue weighted by Gasteiger charge is -2.13. The normalized spacial score (nSPS) is 12.2. The van der Waals surface area contributed by atoms with Crippen molar-refractivity contribution in [3.8, 4) is 0 Å². The number of carbonyl (C=O) groups excluding carboxylic acids is 2. The van der Waals surface area contributed by atoms with Crippen molar-refractivity contribution in [3.63, 3.8) is 0 Å². The van der Waals surface area contributed by atoms with Crippen LogP contribution in [0.3, 0.4) is 0 Å². The Balaban J connectivity index is 3.74. The van der Waals surface area contributed by atoms with E-state index in [9.17, 15) is 9.59 Å². The van der Waals surface area contributed by atoms with Crippen LogP contribution in [0.1, 0.15) is 33.1 Å².